The van der Waals surface area contributed by atoms with Crippen LogP contribution in [-0.4, -0.2) is 49.7 Å². The van der Waals surface area contributed by atoms with Crippen molar-refractivity contribution in [2.45, 2.75) is 31.8 Å². The molecule has 0 aromatic carbocycles. The maximum Gasteiger partial charge on any atom is 0.238 e. The Bertz CT molecular complexity index is 275. The Morgan fingerprint density at radius 1 is 1.69 bits per heavy atom. The number of nitrogens with one attached hydrogen (secondary N) is 1. The van der Waals surface area contributed by atoms with E-state index in [2.05, 4.69) is 23.2 Å². The zero-order valence-electron chi connectivity index (χ0n) is 9.90. The summed E-state index contributed by atoms with van der Waals surface area (Å²) >= 11 is 0. The van der Waals surface area contributed by atoms with Crippen molar-refractivity contribution in [2.24, 2.45) is 0 Å². The van der Waals surface area contributed by atoms with Gasteiger partial charge in [-0.15, -0.1) is 0 Å². The van der Waals surface area contributed by atoms with Crippen molar-refractivity contribution >= 4 is 5.91 Å². The SMILES string of the molecule is COCCN1C(C)CCNC(=O)C1CC#N. The zero-order chi connectivity index (χ0) is 12.0. The predicted molar refractivity (Wildman–Crippen MR) is 59.7 cm³/mol. The highest BCUT2D eigenvalue weighted by atomic mass is 16.5. The Morgan fingerprint density at radius 3 is 3.06 bits per heavy atom. The second kappa shape index (κ2) is 6.46. The molecule has 5 nitrogen and oxygen atoms in total. The van der Waals surface area contributed by atoms with Gasteiger partial charge >= 0.3 is 0 Å². The third-order valence-electron chi connectivity index (χ3n) is 2.97. The molecule has 5 heteroatoms. The zero-order valence-corrected chi connectivity index (χ0v) is 9.90. The van der Waals surface area contributed by atoms with Crippen LogP contribution in [0.2, 0.25) is 0 Å². The van der Waals surface area contributed by atoms with Gasteiger partial charge in [-0.2, -0.15) is 5.26 Å². The van der Waals surface area contributed by atoms with Crippen molar-refractivity contribution < 1.29 is 9.53 Å². The first-order valence-electron chi connectivity index (χ1n) is 5.60. The number of carbonyl (C=O) groups is 1. The van der Waals surface area contributed by atoms with Crippen LogP contribution < -0.4 is 5.32 Å². The summed E-state index contributed by atoms with van der Waals surface area (Å²) < 4.78 is 5.04. The molecule has 2 unspecified atom stereocenters. The number of ether oxygens (including phenoxy) is 1. The molecule has 1 aliphatic heterocycles. The molecular formula is C11H19N3O2. The van der Waals surface area contributed by atoms with E-state index < -0.39 is 0 Å². The first kappa shape index (κ1) is 12.9. The standard InChI is InChI=1S/C11H19N3O2/c1-9-4-6-13-11(15)10(3-5-12)14(9)7-8-16-2/h9-10H,3-4,6-8H2,1-2H3,(H,13,15). The third-order valence-corrected chi connectivity index (χ3v) is 2.97. The number of hydrogen-bond donors (Lipinski definition) is 1. The van der Waals surface area contributed by atoms with Crippen molar-refractivity contribution in [3.05, 3.63) is 0 Å². The average Bonchev–Trinajstić information content (AvgIpc) is 2.39. The minimum atomic E-state index is -0.336. The number of nitriles is 1. The largest absolute Gasteiger partial charge is 0.383 e. The van der Waals surface area contributed by atoms with Gasteiger partial charge in [0.25, 0.3) is 0 Å². The van der Waals surface area contributed by atoms with E-state index in [-0.39, 0.29) is 18.4 Å². The second-order valence-electron chi connectivity index (χ2n) is 4.04. The summed E-state index contributed by atoms with van der Waals surface area (Å²) in [7, 11) is 1.64. The summed E-state index contributed by atoms with van der Waals surface area (Å²) in [5.74, 6) is -0.0398. The Labute approximate surface area is 96.4 Å². The van der Waals surface area contributed by atoms with E-state index >= 15 is 0 Å². The number of nitrogens with zero attached hydrogens (tertiary/aromatic N) is 2. The Morgan fingerprint density at radius 2 is 2.44 bits per heavy atom. The maximum atomic E-state index is 11.8. The molecule has 1 aliphatic rings. The maximum absolute atomic E-state index is 11.8. The van der Waals surface area contributed by atoms with Gasteiger partial charge in [-0.3, -0.25) is 9.69 Å². The van der Waals surface area contributed by atoms with Gasteiger partial charge < -0.3 is 10.1 Å². The molecule has 1 amide bonds. The lowest BCUT2D eigenvalue weighted by molar-refractivity contribution is -0.126. The lowest BCUT2D eigenvalue weighted by Gasteiger charge is -2.31. The summed E-state index contributed by atoms with van der Waals surface area (Å²) in [6.07, 6.45) is 1.15. The van der Waals surface area contributed by atoms with Crippen molar-refractivity contribution in [1.29, 1.82) is 5.26 Å². The fourth-order valence-corrected chi connectivity index (χ4v) is 2.02. The van der Waals surface area contributed by atoms with Gasteiger partial charge in [0.05, 0.1) is 19.1 Å². The lowest BCUT2D eigenvalue weighted by atomic mass is 10.1. The van der Waals surface area contributed by atoms with Gasteiger partial charge in [0, 0.05) is 26.2 Å². The molecule has 90 valence electrons. The third kappa shape index (κ3) is 3.19. The number of methoxy groups -OCH3 is 1. The molecule has 1 saturated heterocycles. The number of hydrogen-bond acceptors (Lipinski definition) is 4. The highest BCUT2D eigenvalue weighted by Gasteiger charge is 2.31. The van der Waals surface area contributed by atoms with Crippen molar-refractivity contribution in [3.8, 4) is 6.07 Å². The number of carbonyl (C=O) groups excluding carboxylic acids is 1. The first-order valence-corrected chi connectivity index (χ1v) is 5.60. The minimum absolute atomic E-state index is 0.0398. The van der Waals surface area contributed by atoms with Gasteiger partial charge in [0.15, 0.2) is 0 Å². The van der Waals surface area contributed by atoms with E-state index in [9.17, 15) is 4.79 Å². The van der Waals surface area contributed by atoms with Crippen molar-refractivity contribution in [1.82, 2.24) is 10.2 Å². The summed E-state index contributed by atoms with van der Waals surface area (Å²) in [5.41, 5.74) is 0. The summed E-state index contributed by atoms with van der Waals surface area (Å²) in [6.45, 7) is 4.04. The van der Waals surface area contributed by atoms with Crippen LogP contribution in [0.25, 0.3) is 0 Å². The Balaban J connectivity index is 2.74. The average molecular weight is 225 g/mol. The fraction of sp³-hybridized carbons (Fsp3) is 0.818. The minimum Gasteiger partial charge on any atom is -0.383 e. The van der Waals surface area contributed by atoms with Gasteiger partial charge in [-0.25, -0.2) is 0 Å². The predicted octanol–water partition coefficient (Wildman–Crippen LogP) is 0.125. The molecule has 1 N–H and O–H groups in total. The van der Waals surface area contributed by atoms with Gasteiger partial charge in [0.1, 0.15) is 6.04 Å². The molecule has 16 heavy (non-hydrogen) atoms. The van der Waals surface area contributed by atoms with E-state index in [0.29, 0.717) is 25.7 Å². The van der Waals surface area contributed by atoms with Crippen molar-refractivity contribution in [2.75, 3.05) is 26.8 Å². The van der Waals surface area contributed by atoms with Crippen LogP contribution in [0.15, 0.2) is 0 Å². The van der Waals surface area contributed by atoms with Crippen LogP contribution in [0.3, 0.4) is 0 Å². The van der Waals surface area contributed by atoms with Gasteiger partial charge in [-0.05, 0) is 13.3 Å². The van der Waals surface area contributed by atoms with E-state index in [4.69, 9.17) is 10.00 Å². The first-order chi connectivity index (χ1) is 7.70. The van der Waals surface area contributed by atoms with Crippen LogP contribution in [0.4, 0.5) is 0 Å². The van der Waals surface area contributed by atoms with Gasteiger partial charge in [0.2, 0.25) is 5.91 Å². The van der Waals surface area contributed by atoms with E-state index in [0.717, 1.165) is 6.42 Å². The molecule has 0 bridgehead atoms. The van der Waals surface area contributed by atoms with E-state index in [1.807, 2.05) is 0 Å². The smallest absolute Gasteiger partial charge is 0.238 e. The topological polar surface area (TPSA) is 65.4 Å². The molecular weight excluding hydrogens is 206 g/mol. The molecule has 1 fully saturated rings. The molecule has 0 aliphatic carbocycles. The molecule has 2 atom stereocenters. The van der Waals surface area contributed by atoms with Crippen molar-refractivity contribution in [3.63, 3.8) is 0 Å². The number of amides is 1. The highest BCUT2D eigenvalue weighted by Crippen LogP contribution is 2.14. The lowest BCUT2D eigenvalue weighted by Crippen LogP contribution is -2.48. The number of rotatable bonds is 4. The fourth-order valence-electron chi connectivity index (χ4n) is 2.02. The second-order valence-corrected chi connectivity index (χ2v) is 4.04. The summed E-state index contributed by atoms with van der Waals surface area (Å²) in [5, 5.41) is 11.6. The molecule has 0 aromatic rings. The highest BCUT2D eigenvalue weighted by molar-refractivity contribution is 5.82. The molecule has 1 rings (SSSR count). The molecule has 0 spiro atoms. The molecule has 0 aromatic heterocycles. The Kier molecular flexibility index (Phi) is 5.23. The Hall–Kier alpha value is -1.12. The normalized spacial score (nSPS) is 26.9. The van der Waals surface area contributed by atoms with E-state index in [1.54, 1.807) is 7.11 Å². The van der Waals surface area contributed by atoms with Gasteiger partial charge in [-0.1, -0.05) is 0 Å². The molecule has 0 radical (unpaired) electrons. The molecule has 1 heterocycles. The molecule has 0 saturated carbocycles. The van der Waals surface area contributed by atoms with Crippen LogP contribution >= 0.6 is 0 Å². The monoisotopic (exact) mass is 225 g/mol. The summed E-state index contributed by atoms with van der Waals surface area (Å²) in [6, 6.07) is 2.04. The van der Waals surface area contributed by atoms with Crippen LogP contribution in [0.1, 0.15) is 19.8 Å². The van der Waals surface area contributed by atoms with E-state index in [1.165, 1.54) is 0 Å². The van der Waals surface area contributed by atoms with Crippen LogP contribution in [0, 0.1) is 11.3 Å². The van der Waals surface area contributed by atoms with Crippen LogP contribution in [-0.2, 0) is 9.53 Å². The van der Waals surface area contributed by atoms with Crippen LogP contribution in [0.5, 0.6) is 0 Å². The quantitative estimate of drug-likeness (QED) is 0.738. The summed E-state index contributed by atoms with van der Waals surface area (Å²) in [4.78, 5) is 13.8.